The molecule has 1 amide bonds. The highest BCUT2D eigenvalue weighted by Crippen LogP contribution is 2.52. The van der Waals surface area contributed by atoms with Crippen molar-refractivity contribution in [2.75, 3.05) is 33.1 Å². The first-order valence-corrected chi connectivity index (χ1v) is 10.8. The summed E-state index contributed by atoms with van der Waals surface area (Å²) in [6.45, 7) is 0. The molecule has 1 aromatic carbocycles. The van der Waals surface area contributed by atoms with E-state index in [0.29, 0.717) is 11.3 Å². The van der Waals surface area contributed by atoms with Crippen LogP contribution in [0.15, 0.2) is 12.1 Å². The standard InChI is InChI=1S/C23H29N3O7/c1-25(2)12-6-5-9-7-10-8-11-16(26(3)4)19(29)15(22(24)32)21(31)23(11,33)20(30)14(10)18(28)13(9)17(12)27/h5-6,10-11,14-16,19,27,29,33H,7-8H2,1-4H3,(H2,24,32)/t10-,11-,14?,15?,16-,19?,23-/m1/s1. The fourth-order valence-electron chi connectivity index (χ4n) is 6.15. The minimum Gasteiger partial charge on any atom is -0.505 e. The van der Waals surface area contributed by atoms with E-state index in [2.05, 4.69) is 0 Å². The number of hydrogen-bond donors (Lipinski definition) is 4. The number of hydrogen-bond acceptors (Lipinski definition) is 9. The van der Waals surface area contributed by atoms with Gasteiger partial charge in [-0.05, 0) is 44.5 Å². The molecule has 178 valence electrons. The Labute approximate surface area is 191 Å². The van der Waals surface area contributed by atoms with E-state index in [-0.39, 0.29) is 24.2 Å². The Bertz CT molecular complexity index is 1070. The third-order valence-corrected chi connectivity index (χ3v) is 7.62. The Morgan fingerprint density at radius 3 is 2.30 bits per heavy atom. The second kappa shape index (κ2) is 7.61. The van der Waals surface area contributed by atoms with Crippen molar-refractivity contribution >= 4 is 28.9 Å². The number of phenols is 1. The summed E-state index contributed by atoms with van der Waals surface area (Å²) in [6, 6.07) is 2.52. The first-order chi connectivity index (χ1) is 15.3. The molecule has 0 radical (unpaired) electrons. The van der Waals surface area contributed by atoms with Crippen molar-refractivity contribution in [1.29, 1.82) is 0 Å². The molecule has 3 aliphatic rings. The molecule has 0 bridgehead atoms. The summed E-state index contributed by atoms with van der Waals surface area (Å²) >= 11 is 0. The zero-order chi connectivity index (χ0) is 24.6. The molecule has 5 N–H and O–H groups in total. The summed E-state index contributed by atoms with van der Waals surface area (Å²) in [4.78, 5) is 55.6. The van der Waals surface area contributed by atoms with Crippen LogP contribution in [0.1, 0.15) is 22.3 Å². The number of rotatable bonds is 3. The zero-order valence-corrected chi connectivity index (χ0v) is 19.0. The Balaban J connectivity index is 1.85. The van der Waals surface area contributed by atoms with Gasteiger partial charge in [-0.1, -0.05) is 6.07 Å². The van der Waals surface area contributed by atoms with E-state index < -0.39 is 64.7 Å². The van der Waals surface area contributed by atoms with Gasteiger partial charge in [-0.15, -0.1) is 0 Å². The highest BCUT2D eigenvalue weighted by Gasteiger charge is 2.69. The summed E-state index contributed by atoms with van der Waals surface area (Å²) in [7, 11) is 6.63. The third-order valence-electron chi connectivity index (χ3n) is 7.62. The molecule has 7 atom stereocenters. The lowest BCUT2D eigenvalue weighted by Crippen LogP contribution is -2.75. The first kappa shape index (κ1) is 23.3. The number of nitrogens with two attached hydrogens (primary N) is 1. The minimum absolute atomic E-state index is 0.0109. The fraction of sp³-hybridized carbons (Fsp3) is 0.565. The quantitative estimate of drug-likeness (QED) is 0.404. The van der Waals surface area contributed by atoms with Gasteiger partial charge >= 0.3 is 0 Å². The molecular weight excluding hydrogens is 430 g/mol. The molecule has 3 aliphatic carbocycles. The third kappa shape index (κ3) is 3.04. The summed E-state index contributed by atoms with van der Waals surface area (Å²) < 4.78 is 0. The van der Waals surface area contributed by atoms with Crippen molar-refractivity contribution in [3.05, 3.63) is 23.3 Å². The molecule has 0 heterocycles. The highest BCUT2D eigenvalue weighted by atomic mass is 16.3. The monoisotopic (exact) mass is 459 g/mol. The number of likely N-dealkylation sites (N-methyl/N-ethyl adjacent to an activating group) is 1. The summed E-state index contributed by atoms with van der Waals surface area (Å²) in [6.07, 6.45) is -1.11. The molecule has 0 spiro atoms. The normalized spacial score (nSPS) is 35.7. The van der Waals surface area contributed by atoms with Gasteiger partial charge in [0.2, 0.25) is 5.91 Å². The predicted molar refractivity (Wildman–Crippen MR) is 117 cm³/mol. The van der Waals surface area contributed by atoms with Crippen LogP contribution in [0.2, 0.25) is 0 Å². The maximum Gasteiger partial charge on any atom is 0.230 e. The number of primary amides is 1. The molecule has 4 rings (SSSR count). The summed E-state index contributed by atoms with van der Waals surface area (Å²) in [5, 5.41) is 33.1. The second-order valence-corrected chi connectivity index (χ2v) is 9.83. The Kier molecular flexibility index (Phi) is 5.38. The van der Waals surface area contributed by atoms with Crippen LogP contribution in [0.4, 0.5) is 5.69 Å². The van der Waals surface area contributed by atoms with Gasteiger partial charge in [0, 0.05) is 26.1 Å². The molecule has 3 unspecified atom stereocenters. The number of aliphatic hydroxyl groups is 2. The van der Waals surface area contributed by atoms with Crippen molar-refractivity contribution in [3.63, 3.8) is 0 Å². The predicted octanol–water partition coefficient (Wildman–Crippen LogP) is -1.28. The largest absolute Gasteiger partial charge is 0.505 e. The van der Waals surface area contributed by atoms with Crippen molar-refractivity contribution in [3.8, 4) is 5.75 Å². The highest BCUT2D eigenvalue weighted by molar-refractivity contribution is 6.25. The lowest BCUT2D eigenvalue weighted by molar-refractivity contribution is -0.190. The number of phenolic OH excluding ortho intramolecular Hbond substituents is 1. The van der Waals surface area contributed by atoms with Gasteiger partial charge < -0.3 is 30.9 Å². The van der Waals surface area contributed by atoms with Crippen LogP contribution in [-0.4, -0.2) is 89.4 Å². The van der Waals surface area contributed by atoms with Gasteiger partial charge in [-0.3, -0.25) is 19.2 Å². The average molecular weight is 459 g/mol. The van der Waals surface area contributed by atoms with Gasteiger partial charge in [0.15, 0.2) is 23.0 Å². The van der Waals surface area contributed by atoms with E-state index >= 15 is 0 Å². The van der Waals surface area contributed by atoms with Crippen LogP contribution >= 0.6 is 0 Å². The topological polar surface area (TPSA) is 161 Å². The van der Waals surface area contributed by atoms with Crippen LogP contribution in [0.5, 0.6) is 5.75 Å². The molecule has 2 fully saturated rings. The molecule has 33 heavy (non-hydrogen) atoms. The molecule has 1 aromatic rings. The van der Waals surface area contributed by atoms with Crippen LogP contribution in [-0.2, 0) is 20.8 Å². The van der Waals surface area contributed by atoms with Crippen molar-refractivity contribution in [2.24, 2.45) is 29.4 Å². The SMILES string of the molecule is CN(C)c1ccc2c(c1O)C(=O)C1C(=O)[C@@]3(O)C(=O)C(C(N)=O)C(O)[C@H](N(C)C)[C@H]3C[C@H]1C2. The minimum atomic E-state index is -2.64. The number of benzene rings is 1. The number of carbonyl (C=O) groups excluding carboxylic acids is 4. The van der Waals surface area contributed by atoms with E-state index in [1.807, 2.05) is 0 Å². The van der Waals surface area contributed by atoms with Crippen LogP contribution in [0, 0.1) is 23.7 Å². The van der Waals surface area contributed by atoms with Gasteiger partial charge in [0.1, 0.15) is 11.7 Å². The number of anilines is 1. The maximum absolute atomic E-state index is 13.7. The van der Waals surface area contributed by atoms with E-state index in [1.54, 1.807) is 50.1 Å². The number of nitrogens with zero attached hydrogens (tertiary/aromatic N) is 2. The lowest BCUT2D eigenvalue weighted by atomic mass is 9.52. The van der Waals surface area contributed by atoms with Gasteiger partial charge in [0.05, 0.1) is 23.3 Å². The smallest absolute Gasteiger partial charge is 0.230 e. The summed E-state index contributed by atoms with van der Waals surface area (Å²) in [5.74, 6) is -8.90. The lowest BCUT2D eigenvalue weighted by Gasteiger charge is -2.54. The number of aromatic hydroxyl groups is 1. The Hall–Kier alpha value is -2.82. The number of carbonyl (C=O) groups is 4. The van der Waals surface area contributed by atoms with E-state index in [4.69, 9.17) is 5.73 Å². The van der Waals surface area contributed by atoms with Crippen molar-refractivity contribution in [2.45, 2.75) is 30.6 Å². The average Bonchev–Trinajstić information content (AvgIpc) is 2.70. The fourth-order valence-corrected chi connectivity index (χ4v) is 6.15. The maximum atomic E-state index is 13.7. The molecule has 2 saturated carbocycles. The molecule has 0 aliphatic heterocycles. The second-order valence-electron chi connectivity index (χ2n) is 9.83. The number of aliphatic hydroxyl groups excluding tert-OH is 1. The van der Waals surface area contributed by atoms with E-state index in [9.17, 15) is 34.5 Å². The van der Waals surface area contributed by atoms with Crippen molar-refractivity contribution in [1.82, 2.24) is 4.90 Å². The Morgan fingerprint density at radius 2 is 1.76 bits per heavy atom. The molecular formula is C23H29N3O7. The summed E-state index contributed by atoms with van der Waals surface area (Å²) in [5.41, 5.74) is 3.71. The molecule has 10 nitrogen and oxygen atoms in total. The van der Waals surface area contributed by atoms with Crippen LogP contribution in [0.25, 0.3) is 0 Å². The number of amides is 1. The molecule has 0 aromatic heterocycles. The zero-order valence-electron chi connectivity index (χ0n) is 19.0. The van der Waals surface area contributed by atoms with Crippen LogP contribution in [0.3, 0.4) is 0 Å². The number of fused-ring (bicyclic) bond motifs is 3. The van der Waals surface area contributed by atoms with Crippen LogP contribution < -0.4 is 10.6 Å². The van der Waals surface area contributed by atoms with Gasteiger partial charge in [-0.2, -0.15) is 0 Å². The van der Waals surface area contributed by atoms with Gasteiger partial charge in [-0.25, -0.2) is 0 Å². The molecule has 10 heteroatoms. The first-order valence-electron chi connectivity index (χ1n) is 10.8. The number of Topliss-reactive ketones (excluding diaryl/α,β-unsaturated/α-hetero) is 3. The number of ketones is 3. The van der Waals surface area contributed by atoms with Crippen molar-refractivity contribution < 1.29 is 34.5 Å². The van der Waals surface area contributed by atoms with Gasteiger partial charge in [0.25, 0.3) is 0 Å². The molecule has 0 saturated heterocycles. The van der Waals surface area contributed by atoms with E-state index in [0.717, 1.165) is 0 Å². The Morgan fingerprint density at radius 1 is 1.12 bits per heavy atom. The van der Waals surface area contributed by atoms with E-state index in [1.165, 1.54) is 0 Å².